The van der Waals surface area contributed by atoms with Crippen LogP contribution >= 0.6 is 0 Å². The van der Waals surface area contributed by atoms with E-state index in [1.807, 2.05) is 19.1 Å². The van der Waals surface area contributed by atoms with Gasteiger partial charge in [0.2, 0.25) is 0 Å². The summed E-state index contributed by atoms with van der Waals surface area (Å²) in [4.78, 5) is 0. The Morgan fingerprint density at radius 1 is 1.29 bits per heavy atom. The summed E-state index contributed by atoms with van der Waals surface area (Å²) in [5, 5.41) is 9.81. The smallest absolute Gasteiger partial charge is 0.279 e. The lowest BCUT2D eigenvalue weighted by molar-refractivity contribution is 0.181. The van der Waals surface area contributed by atoms with Gasteiger partial charge in [-0.3, -0.25) is 0 Å². The predicted octanol–water partition coefficient (Wildman–Crippen LogP) is 0.424. The van der Waals surface area contributed by atoms with E-state index in [-0.39, 0.29) is 6.54 Å². The Bertz CT molecular complexity index is 454. The molecule has 0 radical (unpaired) electrons. The van der Waals surface area contributed by atoms with Crippen molar-refractivity contribution in [2.75, 3.05) is 20.6 Å². The molecule has 0 fully saturated rings. The van der Waals surface area contributed by atoms with Gasteiger partial charge in [0.25, 0.3) is 10.2 Å². The minimum absolute atomic E-state index is 0.0381. The maximum absolute atomic E-state index is 11.4. The van der Waals surface area contributed by atoms with Crippen LogP contribution in [-0.2, 0) is 10.2 Å². The summed E-state index contributed by atoms with van der Waals surface area (Å²) in [6.07, 6.45) is -0.842. The van der Waals surface area contributed by atoms with Crippen LogP contribution in [0.2, 0.25) is 0 Å². The van der Waals surface area contributed by atoms with Crippen LogP contribution in [-0.4, -0.2) is 38.5 Å². The Morgan fingerprint density at radius 3 is 2.29 bits per heavy atom. The van der Waals surface area contributed by atoms with Crippen molar-refractivity contribution in [2.24, 2.45) is 0 Å². The second-order valence-electron chi connectivity index (χ2n) is 4.06. The Kier molecular flexibility index (Phi) is 4.64. The first-order valence-corrected chi connectivity index (χ1v) is 6.68. The molecule has 1 aromatic carbocycles. The molecule has 0 aliphatic heterocycles. The number of hydrogen-bond acceptors (Lipinski definition) is 3. The molecule has 1 unspecified atom stereocenters. The highest BCUT2D eigenvalue weighted by Crippen LogP contribution is 2.12. The summed E-state index contributed by atoms with van der Waals surface area (Å²) < 4.78 is 26.2. The van der Waals surface area contributed by atoms with E-state index >= 15 is 0 Å². The fourth-order valence-corrected chi connectivity index (χ4v) is 1.85. The SMILES string of the molecule is Cc1ccc(C(O)CNS(=O)(=O)N(C)C)cc1. The zero-order valence-corrected chi connectivity index (χ0v) is 11.0. The molecule has 0 spiro atoms. The van der Waals surface area contributed by atoms with Crippen LogP contribution in [0.5, 0.6) is 0 Å². The van der Waals surface area contributed by atoms with Gasteiger partial charge in [0.15, 0.2) is 0 Å². The van der Waals surface area contributed by atoms with Crippen LogP contribution in [0.3, 0.4) is 0 Å². The third-order valence-electron chi connectivity index (χ3n) is 2.40. The van der Waals surface area contributed by atoms with Crippen LogP contribution < -0.4 is 4.72 Å². The number of nitrogens with zero attached hydrogens (tertiary/aromatic N) is 1. The summed E-state index contributed by atoms with van der Waals surface area (Å²) in [6, 6.07) is 7.31. The number of aliphatic hydroxyl groups excluding tert-OH is 1. The first-order valence-electron chi connectivity index (χ1n) is 5.24. The van der Waals surface area contributed by atoms with E-state index in [0.717, 1.165) is 9.87 Å². The van der Waals surface area contributed by atoms with Crippen molar-refractivity contribution >= 4 is 10.2 Å². The molecule has 0 heterocycles. The van der Waals surface area contributed by atoms with Crippen LogP contribution in [0.4, 0.5) is 0 Å². The van der Waals surface area contributed by atoms with E-state index in [9.17, 15) is 13.5 Å². The molecular formula is C11H18N2O3S. The molecule has 2 N–H and O–H groups in total. The second-order valence-corrected chi connectivity index (χ2v) is 6.03. The standard InChI is InChI=1S/C11H18N2O3S/c1-9-4-6-10(7-5-9)11(14)8-12-17(15,16)13(2)3/h4-7,11-12,14H,8H2,1-3H3. The third kappa shape index (κ3) is 4.08. The van der Waals surface area contributed by atoms with E-state index < -0.39 is 16.3 Å². The van der Waals surface area contributed by atoms with E-state index in [1.54, 1.807) is 12.1 Å². The van der Waals surface area contributed by atoms with Gasteiger partial charge in [0.05, 0.1) is 6.10 Å². The topological polar surface area (TPSA) is 69.6 Å². The van der Waals surface area contributed by atoms with Crippen molar-refractivity contribution in [2.45, 2.75) is 13.0 Å². The van der Waals surface area contributed by atoms with Crippen LogP contribution in [0.1, 0.15) is 17.2 Å². The first-order chi connectivity index (χ1) is 7.83. The van der Waals surface area contributed by atoms with Crippen molar-refractivity contribution in [3.05, 3.63) is 35.4 Å². The zero-order valence-electron chi connectivity index (χ0n) is 10.2. The lowest BCUT2D eigenvalue weighted by Crippen LogP contribution is -2.37. The molecule has 5 nitrogen and oxygen atoms in total. The average molecular weight is 258 g/mol. The van der Waals surface area contributed by atoms with E-state index in [0.29, 0.717) is 5.56 Å². The molecule has 1 rings (SSSR count). The van der Waals surface area contributed by atoms with E-state index in [1.165, 1.54) is 14.1 Å². The van der Waals surface area contributed by atoms with Crippen LogP contribution in [0, 0.1) is 6.92 Å². The van der Waals surface area contributed by atoms with Gasteiger partial charge in [-0.2, -0.15) is 17.4 Å². The van der Waals surface area contributed by atoms with Gasteiger partial charge in [-0.25, -0.2) is 0 Å². The molecule has 0 aliphatic carbocycles. The summed E-state index contributed by atoms with van der Waals surface area (Å²) >= 11 is 0. The van der Waals surface area contributed by atoms with Crippen molar-refractivity contribution in [1.29, 1.82) is 0 Å². The summed E-state index contributed by atoms with van der Waals surface area (Å²) in [6.45, 7) is 1.91. The highest BCUT2D eigenvalue weighted by atomic mass is 32.2. The van der Waals surface area contributed by atoms with Gasteiger partial charge in [-0.15, -0.1) is 0 Å². The number of nitrogens with one attached hydrogen (secondary N) is 1. The fourth-order valence-electron chi connectivity index (χ4n) is 1.22. The molecule has 0 amide bonds. The van der Waals surface area contributed by atoms with Gasteiger partial charge in [-0.1, -0.05) is 29.8 Å². The molecule has 0 bridgehead atoms. The van der Waals surface area contributed by atoms with Gasteiger partial charge in [0.1, 0.15) is 0 Å². The highest BCUT2D eigenvalue weighted by molar-refractivity contribution is 7.87. The molecule has 17 heavy (non-hydrogen) atoms. The number of hydrogen-bond donors (Lipinski definition) is 2. The molecule has 0 saturated heterocycles. The van der Waals surface area contributed by atoms with Crippen LogP contribution in [0.25, 0.3) is 0 Å². The van der Waals surface area contributed by atoms with Gasteiger partial charge in [0, 0.05) is 20.6 Å². The monoisotopic (exact) mass is 258 g/mol. The molecule has 1 atom stereocenters. The van der Waals surface area contributed by atoms with Gasteiger partial charge < -0.3 is 5.11 Å². The number of aliphatic hydroxyl groups is 1. The molecule has 6 heteroatoms. The maximum atomic E-state index is 11.4. The Labute approximate surface area is 102 Å². The summed E-state index contributed by atoms with van der Waals surface area (Å²) in [5.74, 6) is 0. The van der Waals surface area contributed by atoms with Crippen LogP contribution in [0.15, 0.2) is 24.3 Å². The molecule has 0 aromatic heterocycles. The fraction of sp³-hybridized carbons (Fsp3) is 0.455. The molecule has 1 aromatic rings. The minimum atomic E-state index is -3.49. The van der Waals surface area contributed by atoms with E-state index in [2.05, 4.69) is 4.72 Å². The van der Waals surface area contributed by atoms with Crippen molar-refractivity contribution in [3.8, 4) is 0 Å². The lowest BCUT2D eigenvalue weighted by Gasteiger charge is -2.15. The quantitative estimate of drug-likeness (QED) is 0.804. The second kappa shape index (κ2) is 5.59. The number of benzene rings is 1. The molecular weight excluding hydrogens is 240 g/mol. The summed E-state index contributed by atoms with van der Waals surface area (Å²) in [7, 11) is -0.624. The number of rotatable bonds is 5. The zero-order chi connectivity index (χ0) is 13.1. The van der Waals surface area contributed by atoms with E-state index in [4.69, 9.17) is 0 Å². The Morgan fingerprint density at radius 2 is 1.82 bits per heavy atom. The summed E-state index contributed by atoms with van der Waals surface area (Å²) in [5.41, 5.74) is 1.78. The molecule has 96 valence electrons. The number of aryl methyl sites for hydroxylation is 1. The Balaban J connectivity index is 2.62. The van der Waals surface area contributed by atoms with Gasteiger partial charge >= 0.3 is 0 Å². The largest absolute Gasteiger partial charge is 0.387 e. The average Bonchev–Trinajstić information content (AvgIpc) is 2.27. The Hall–Kier alpha value is -0.950. The molecule has 0 saturated carbocycles. The predicted molar refractivity (Wildman–Crippen MR) is 66.7 cm³/mol. The first kappa shape index (κ1) is 14.1. The normalized spacial score (nSPS) is 13.9. The maximum Gasteiger partial charge on any atom is 0.279 e. The van der Waals surface area contributed by atoms with Crippen molar-refractivity contribution in [1.82, 2.24) is 9.03 Å². The van der Waals surface area contributed by atoms with Crippen molar-refractivity contribution in [3.63, 3.8) is 0 Å². The molecule has 0 aliphatic rings. The third-order valence-corrected chi connectivity index (χ3v) is 3.89. The minimum Gasteiger partial charge on any atom is -0.387 e. The highest BCUT2D eigenvalue weighted by Gasteiger charge is 2.15. The van der Waals surface area contributed by atoms with Gasteiger partial charge in [-0.05, 0) is 12.5 Å². The lowest BCUT2D eigenvalue weighted by atomic mass is 10.1. The van der Waals surface area contributed by atoms with Crippen molar-refractivity contribution < 1.29 is 13.5 Å².